The second-order valence-corrected chi connectivity index (χ2v) is 12.3. The van der Waals surface area contributed by atoms with Crippen LogP contribution in [-0.2, 0) is 44.5 Å². The van der Waals surface area contributed by atoms with Crippen LogP contribution in [0.3, 0.4) is 0 Å². The van der Waals surface area contributed by atoms with Crippen LogP contribution in [0, 0.1) is 11.8 Å². The molecule has 1 saturated heterocycles. The lowest BCUT2D eigenvalue weighted by Crippen LogP contribution is -2.54. The molecule has 1 aromatic rings. The van der Waals surface area contributed by atoms with E-state index in [0.29, 0.717) is 22.5 Å². The average Bonchev–Trinajstić information content (AvgIpc) is 3.43. The van der Waals surface area contributed by atoms with Crippen molar-refractivity contribution in [2.45, 2.75) is 70.0 Å². The standard InChI is InChI=1S/C28H32O9S2/c1-14-24(13-33-15(2)29)37-26(27(36-18(5)32)25(14)35-17(4)31)22-11-19(6-7-23(22)34-16(3)30)10-21-12-20-8-9-38-28(20)39-21/h6-9,11-12,14,20,24-28H,10,13H2,1-5H3/t14-,20?,24-,25+,26+,27-,28?/m1/s1. The zero-order valence-electron chi connectivity index (χ0n) is 22.4. The number of benzene rings is 1. The van der Waals surface area contributed by atoms with Crippen LogP contribution in [0.15, 0.2) is 40.7 Å². The average molecular weight is 577 g/mol. The van der Waals surface area contributed by atoms with Crippen LogP contribution in [0.4, 0.5) is 0 Å². The van der Waals surface area contributed by atoms with Crippen LogP contribution >= 0.6 is 23.5 Å². The summed E-state index contributed by atoms with van der Waals surface area (Å²) >= 11 is 3.64. The minimum absolute atomic E-state index is 0.0996. The third-order valence-corrected chi connectivity index (χ3v) is 9.24. The summed E-state index contributed by atoms with van der Waals surface area (Å²) < 4.78 is 28.9. The fraction of sp³-hybridized carbons (Fsp3) is 0.500. The summed E-state index contributed by atoms with van der Waals surface area (Å²) in [6.07, 6.45) is 1.50. The zero-order chi connectivity index (χ0) is 28.3. The molecule has 4 rings (SSSR count). The number of carbonyl (C=O) groups excluding carboxylic acids is 4. The lowest BCUT2D eigenvalue weighted by atomic mass is 9.84. The molecule has 0 aliphatic carbocycles. The van der Waals surface area contributed by atoms with E-state index in [1.54, 1.807) is 13.0 Å². The molecule has 3 heterocycles. The number of allylic oxidation sites excluding steroid dienone is 3. The topological polar surface area (TPSA) is 114 Å². The van der Waals surface area contributed by atoms with Crippen molar-refractivity contribution in [2.75, 3.05) is 6.61 Å². The number of hydrogen-bond donors (Lipinski definition) is 0. The summed E-state index contributed by atoms with van der Waals surface area (Å²) in [6, 6.07) is 5.43. The third-order valence-electron chi connectivity index (χ3n) is 6.59. The van der Waals surface area contributed by atoms with Gasteiger partial charge in [-0.05, 0) is 28.0 Å². The molecule has 210 valence electrons. The van der Waals surface area contributed by atoms with Gasteiger partial charge in [0.2, 0.25) is 0 Å². The van der Waals surface area contributed by atoms with Crippen molar-refractivity contribution in [3.05, 3.63) is 51.8 Å². The zero-order valence-corrected chi connectivity index (χ0v) is 24.0. The van der Waals surface area contributed by atoms with E-state index in [4.69, 9.17) is 23.7 Å². The van der Waals surface area contributed by atoms with E-state index in [-0.39, 0.29) is 12.4 Å². The summed E-state index contributed by atoms with van der Waals surface area (Å²) in [6.45, 7) is 6.78. The highest BCUT2D eigenvalue weighted by Gasteiger charge is 2.49. The van der Waals surface area contributed by atoms with Crippen LogP contribution in [0.2, 0.25) is 0 Å². The molecular formula is C28H32O9S2. The number of esters is 4. The molecule has 1 aromatic carbocycles. The maximum atomic E-state index is 12.2. The summed E-state index contributed by atoms with van der Waals surface area (Å²) in [4.78, 5) is 49.0. The van der Waals surface area contributed by atoms with Gasteiger partial charge in [0.05, 0.1) is 10.7 Å². The Balaban J connectivity index is 1.74. The van der Waals surface area contributed by atoms with E-state index in [9.17, 15) is 19.2 Å². The maximum absolute atomic E-state index is 12.2. The molecule has 0 N–H and O–H groups in total. The Bertz CT molecular complexity index is 1190. The second-order valence-electron chi connectivity index (χ2n) is 9.71. The molecule has 9 nitrogen and oxygen atoms in total. The number of ether oxygens (including phenoxy) is 5. The lowest BCUT2D eigenvalue weighted by molar-refractivity contribution is -0.232. The first-order valence-electron chi connectivity index (χ1n) is 12.7. The van der Waals surface area contributed by atoms with E-state index < -0.39 is 54.2 Å². The monoisotopic (exact) mass is 576 g/mol. The smallest absolute Gasteiger partial charge is 0.308 e. The highest BCUT2D eigenvalue weighted by Crippen LogP contribution is 2.49. The minimum atomic E-state index is -1.04. The van der Waals surface area contributed by atoms with Crippen LogP contribution in [0.1, 0.15) is 51.8 Å². The summed E-state index contributed by atoms with van der Waals surface area (Å²) in [5.74, 6) is -2.03. The maximum Gasteiger partial charge on any atom is 0.308 e. The Morgan fingerprint density at radius 1 is 0.949 bits per heavy atom. The normalized spacial score (nSPS) is 29.3. The van der Waals surface area contributed by atoms with Crippen molar-refractivity contribution < 1.29 is 42.9 Å². The van der Waals surface area contributed by atoms with Crippen molar-refractivity contribution >= 4 is 47.4 Å². The van der Waals surface area contributed by atoms with Crippen LogP contribution in [0.25, 0.3) is 0 Å². The van der Waals surface area contributed by atoms with Crippen molar-refractivity contribution in [3.8, 4) is 5.75 Å². The molecule has 0 aromatic heterocycles. The SMILES string of the molecule is CC(=O)OC[C@H]1O[C@@H](c2cc(CC3=CC4C=CSC4S3)ccc2OC(C)=O)[C@H](OC(C)=O)[C@@H](OC(C)=O)[C@@H]1C. The third kappa shape index (κ3) is 7.26. The van der Waals surface area contributed by atoms with Gasteiger partial charge in [0, 0.05) is 51.5 Å². The Kier molecular flexibility index (Phi) is 9.45. The highest BCUT2D eigenvalue weighted by molar-refractivity contribution is 8.20. The molecule has 0 amide bonds. The fourth-order valence-electron chi connectivity index (χ4n) is 4.92. The summed E-state index contributed by atoms with van der Waals surface area (Å²) in [5, 5.41) is 2.13. The van der Waals surface area contributed by atoms with Gasteiger partial charge in [0.15, 0.2) is 6.10 Å². The molecule has 0 radical (unpaired) electrons. The van der Waals surface area contributed by atoms with Crippen LogP contribution < -0.4 is 4.74 Å². The molecule has 3 aliphatic rings. The molecule has 0 bridgehead atoms. The van der Waals surface area contributed by atoms with E-state index >= 15 is 0 Å². The Labute approximate surface area is 236 Å². The molecule has 3 aliphatic heterocycles. The van der Waals surface area contributed by atoms with Crippen LogP contribution in [-0.4, -0.2) is 53.4 Å². The molecule has 2 unspecified atom stereocenters. The van der Waals surface area contributed by atoms with Crippen molar-refractivity contribution in [3.63, 3.8) is 0 Å². The molecule has 11 heteroatoms. The first-order valence-corrected chi connectivity index (χ1v) is 14.5. The van der Waals surface area contributed by atoms with Crippen molar-refractivity contribution in [1.29, 1.82) is 0 Å². The molecule has 1 fully saturated rings. The lowest BCUT2D eigenvalue weighted by Gasteiger charge is -2.44. The molecular weight excluding hydrogens is 544 g/mol. The van der Waals surface area contributed by atoms with Gasteiger partial charge in [0.1, 0.15) is 24.6 Å². The number of rotatable bonds is 8. The van der Waals surface area contributed by atoms with Gasteiger partial charge in [-0.15, -0.1) is 23.5 Å². The second kappa shape index (κ2) is 12.6. The number of thioether (sulfide) groups is 2. The predicted octanol–water partition coefficient (Wildman–Crippen LogP) is 4.49. The number of hydrogen-bond acceptors (Lipinski definition) is 11. The Hall–Kier alpha value is -2.76. The van der Waals surface area contributed by atoms with Gasteiger partial charge < -0.3 is 23.7 Å². The fourth-order valence-corrected chi connectivity index (χ4v) is 7.59. The van der Waals surface area contributed by atoms with Gasteiger partial charge >= 0.3 is 23.9 Å². The predicted molar refractivity (Wildman–Crippen MR) is 146 cm³/mol. The van der Waals surface area contributed by atoms with Gasteiger partial charge in [-0.25, -0.2) is 0 Å². The Morgan fingerprint density at radius 3 is 2.31 bits per heavy atom. The molecule has 7 atom stereocenters. The first-order chi connectivity index (χ1) is 18.5. The quantitative estimate of drug-likeness (QED) is 0.248. The first kappa shape index (κ1) is 29.2. The molecule has 0 spiro atoms. The van der Waals surface area contributed by atoms with Crippen molar-refractivity contribution in [1.82, 2.24) is 0 Å². The van der Waals surface area contributed by atoms with E-state index in [1.165, 1.54) is 32.6 Å². The van der Waals surface area contributed by atoms with Gasteiger partial charge in [-0.3, -0.25) is 19.2 Å². The van der Waals surface area contributed by atoms with Gasteiger partial charge in [-0.2, -0.15) is 0 Å². The van der Waals surface area contributed by atoms with E-state index in [2.05, 4.69) is 17.6 Å². The van der Waals surface area contributed by atoms with Crippen molar-refractivity contribution in [2.24, 2.45) is 11.8 Å². The van der Waals surface area contributed by atoms with Crippen LogP contribution in [0.5, 0.6) is 5.75 Å². The molecule has 39 heavy (non-hydrogen) atoms. The summed E-state index contributed by atoms with van der Waals surface area (Å²) in [5.41, 5.74) is 1.40. The van der Waals surface area contributed by atoms with E-state index in [0.717, 1.165) is 5.56 Å². The highest BCUT2D eigenvalue weighted by atomic mass is 32.2. The van der Waals surface area contributed by atoms with Gasteiger partial charge in [0.25, 0.3) is 0 Å². The largest absolute Gasteiger partial charge is 0.463 e. The van der Waals surface area contributed by atoms with E-state index in [1.807, 2.05) is 35.7 Å². The number of fused-ring (bicyclic) bond motifs is 1. The summed E-state index contributed by atoms with van der Waals surface area (Å²) in [7, 11) is 0. The van der Waals surface area contributed by atoms with Gasteiger partial charge in [-0.1, -0.05) is 25.1 Å². The number of carbonyl (C=O) groups is 4. The minimum Gasteiger partial charge on any atom is -0.463 e. The molecule has 0 saturated carbocycles. The Morgan fingerprint density at radius 2 is 1.67 bits per heavy atom.